The van der Waals surface area contributed by atoms with Gasteiger partial charge in [0.2, 0.25) is 0 Å². The van der Waals surface area contributed by atoms with Gasteiger partial charge in [0.1, 0.15) is 18.1 Å². The molecule has 2 heterocycles. The summed E-state index contributed by atoms with van der Waals surface area (Å²) in [5, 5.41) is 20.5. The molecule has 0 unspecified atom stereocenters. The van der Waals surface area contributed by atoms with Crippen molar-refractivity contribution in [3.63, 3.8) is 0 Å². The predicted octanol–water partition coefficient (Wildman–Crippen LogP) is 3.77. The summed E-state index contributed by atoms with van der Waals surface area (Å²) in [5.74, 6) is 1.03. The molecule has 4 aliphatic rings. The summed E-state index contributed by atoms with van der Waals surface area (Å²) >= 11 is 12.1. The first-order valence-corrected chi connectivity index (χ1v) is 7.54. The molecule has 5 nitrogen and oxygen atoms in total. The van der Waals surface area contributed by atoms with E-state index in [-0.39, 0.29) is 6.04 Å². The normalized spacial score (nSPS) is 42.8. The number of hydrogen-bond acceptors (Lipinski definition) is 5. The number of halogens is 2. The minimum absolute atomic E-state index is 0.259. The third kappa shape index (κ3) is 1.26. The van der Waals surface area contributed by atoms with Crippen LogP contribution in [-0.2, 0) is 0 Å². The Labute approximate surface area is 125 Å². The first-order chi connectivity index (χ1) is 9.74. The Hall–Kier alpha value is -1.20. The lowest BCUT2D eigenvalue weighted by atomic mass is 9.82. The molecule has 2 aliphatic heterocycles. The van der Waals surface area contributed by atoms with E-state index in [1.807, 2.05) is 17.1 Å². The average molecular weight is 308 g/mol. The largest absolute Gasteiger partial charge is 0.242 e. The molecule has 5 rings (SSSR count). The van der Waals surface area contributed by atoms with Gasteiger partial charge in [0.25, 0.3) is 0 Å². The van der Waals surface area contributed by atoms with Gasteiger partial charge in [-0.15, -0.1) is 0 Å². The monoisotopic (exact) mass is 307 g/mol. The number of fused-ring (bicyclic) bond motifs is 8. The summed E-state index contributed by atoms with van der Waals surface area (Å²) in [6.07, 6.45) is 1.16. The molecule has 2 fully saturated rings. The van der Waals surface area contributed by atoms with E-state index in [9.17, 15) is 0 Å². The number of nitrogens with zero attached hydrogens (tertiary/aromatic N) is 5. The molecule has 2 aliphatic carbocycles. The maximum absolute atomic E-state index is 6.11. The molecule has 2 bridgehead atoms. The van der Waals surface area contributed by atoms with Crippen molar-refractivity contribution in [3.8, 4) is 0 Å². The summed E-state index contributed by atoms with van der Waals surface area (Å²) in [6, 6.07) is 6.95. The van der Waals surface area contributed by atoms with E-state index in [0.29, 0.717) is 40.0 Å². The summed E-state index contributed by atoms with van der Waals surface area (Å²) in [7, 11) is 0. The number of rotatable bonds is 1. The quantitative estimate of drug-likeness (QED) is 0.779. The molecule has 0 amide bonds. The molecular weight excluding hydrogens is 297 g/mol. The number of azo groups is 1. The van der Waals surface area contributed by atoms with Crippen molar-refractivity contribution in [3.05, 3.63) is 28.2 Å². The first kappa shape index (κ1) is 11.5. The molecular formula is C13H11Cl2N5. The summed E-state index contributed by atoms with van der Waals surface area (Å²) < 4.78 is 0. The molecule has 0 aromatic heterocycles. The lowest BCUT2D eigenvalue weighted by Gasteiger charge is -2.38. The topological polar surface area (TPSA) is 52.7 Å². The van der Waals surface area contributed by atoms with Crippen LogP contribution in [0.4, 0.5) is 5.69 Å². The lowest BCUT2D eigenvalue weighted by Crippen LogP contribution is -2.52. The van der Waals surface area contributed by atoms with E-state index in [0.717, 1.165) is 12.1 Å². The molecule has 1 aromatic carbocycles. The molecule has 0 N–H and O–H groups in total. The predicted molar refractivity (Wildman–Crippen MR) is 75.4 cm³/mol. The molecule has 102 valence electrons. The van der Waals surface area contributed by atoms with Gasteiger partial charge in [-0.05, 0) is 24.6 Å². The number of hydrogen-bond donors (Lipinski definition) is 0. The van der Waals surface area contributed by atoms with Crippen molar-refractivity contribution in [1.82, 2.24) is 0 Å². The highest BCUT2D eigenvalue weighted by Gasteiger charge is 2.65. The summed E-state index contributed by atoms with van der Waals surface area (Å²) in [4.78, 5) is 0. The Balaban J connectivity index is 1.53. The molecule has 0 spiro atoms. The molecule has 6 atom stereocenters. The van der Waals surface area contributed by atoms with E-state index in [2.05, 4.69) is 20.6 Å². The van der Waals surface area contributed by atoms with Gasteiger partial charge >= 0.3 is 0 Å². The Morgan fingerprint density at radius 2 is 1.75 bits per heavy atom. The molecule has 7 heteroatoms. The zero-order valence-corrected chi connectivity index (χ0v) is 11.9. The van der Waals surface area contributed by atoms with Crippen LogP contribution in [0.15, 0.2) is 38.8 Å². The number of benzene rings is 1. The third-order valence-electron chi connectivity index (χ3n) is 5.06. The Kier molecular flexibility index (Phi) is 2.13. The van der Waals surface area contributed by atoms with Gasteiger partial charge in [0.15, 0.2) is 0 Å². The summed E-state index contributed by atoms with van der Waals surface area (Å²) in [6.45, 7) is 0. The van der Waals surface area contributed by atoms with Crippen molar-refractivity contribution >= 4 is 28.9 Å². The van der Waals surface area contributed by atoms with Crippen molar-refractivity contribution in [2.45, 2.75) is 30.6 Å². The molecule has 0 saturated heterocycles. The minimum atomic E-state index is 0.259. The highest BCUT2D eigenvalue weighted by molar-refractivity contribution is 6.42. The zero-order chi connectivity index (χ0) is 13.4. The van der Waals surface area contributed by atoms with E-state index in [1.54, 1.807) is 6.07 Å². The van der Waals surface area contributed by atoms with Gasteiger partial charge in [-0.1, -0.05) is 28.4 Å². The highest BCUT2D eigenvalue weighted by Crippen LogP contribution is 2.56. The SMILES string of the molecule is Clc1ccc(N2N=N[C@H]3[C@H]4C[C@H]([C@@H]5N=N[C@H]45)[C@H]32)cc1Cl. The molecule has 2 saturated carbocycles. The van der Waals surface area contributed by atoms with Crippen molar-refractivity contribution in [2.24, 2.45) is 32.4 Å². The van der Waals surface area contributed by atoms with Crippen LogP contribution in [0.3, 0.4) is 0 Å². The van der Waals surface area contributed by atoms with Crippen molar-refractivity contribution in [2.75, 3.05) is 5.01 Å². The fourth-order valence-electron chi connectivity index (χ4n) is 4.19. The fraction of sp³-hybridized carbons (Fsp3) is 0.538. The van der Waals surface area contributed by atoms with Crippen molar-refractivity contribution < 1.29 is 0 Å². The molecule has 1 aromatic rings. The second-order valence-electron chi connectivity index (χ2n) is 5.90. The summed E-state index contributed by atoms with van der Waals surface area (Å²) in [5.41, 5.74) is 0.955. The molecule has 20 heavy (non-hydrogen) atoms. The maximum atomic E-state index is 6.11. The molecule has 0 radical (unpaired) electrons. The standard InChI is InChI=1S/C13H11Cl2N5/c14-8-2-1-5(3-9(8)15)20-13-7-4-6(12(13)18-19-20)10-11(7)17-16-10/h1-3,6-7,10-13H,4H2/t6-,7+,10+,11-,12-,13+/m0/s1. The second kappa shape index (κ2) is 3.71. The Bertz CT molecular complexity index is 660. The van der Waals surface area contributed by atoms with Gasteiger partial charge in [0, 0.05) is 11.8 Å². The zero-order valence-electron chi connectivity index (χ0n) is 10.4. The minimum Gasteiger partial charge on any atom is -0.242 e. The van der Waals surface area contributed by atoms with E-state index < -0.39 is 0 Å². The van der Waals surface area contributed by atoms with Crippen LogP contribution in [0.2, 0.25) is 10.0 Å². The van der Waals surface area contributed by atoms with Gasteiger partial charge in [-0.3, -0.25) is 0 Å². The van der Waals surface area contributed by atoms with Crippen LogP contribution in [0.5, 0.6) is 0 Å². The Morgan fingerprint density at radius 1 is 0.950 bits per heavy atom. The first-order valence-electron chi connectivity index (χ1n) is 6.79. The van der Waals surface area contributed by atoms with Crippen LogP contribution in [0.1, 0.15) is 6.42 Å². The van der Waals surface area contributed by atoms with Gasteiger partial charge < -0.3 is 0 Å². The Morgan fingerprint density at radius 3 is 2.50 bits per heavy atom. The fourth-order valence-corrected chi connectivity index (χ4v) is 4.48. The lowest BCUT2D eigenvalue weighted by molar-refractivity contribution is 0.242. The average Bonchev–Trinajstić information content (AvgIpc) is 3.00. The van der Waals surface area contributed by atoms with E-state index in [1.165, 1.54) is 0 Å². The highest BCUT2D eigenvalue weighted by atomic mass is 35.5. The third-order valence-corrected chi connectivity index (χ3v) is 5.80. The maximum Gasteiger partial charge on any atom is 0.101 e. The van der Waals surface area contributed by atoms with E-state index in [4.69, 9.17) is 23.2 Å². The van der Waals surface area contributed by atoms with E-state index >= 15 is 0 Å². The second-order valence-corrected chi connectivity index (χ2v) is 6.72. The van der Waals surface area contributed by atoms with Gasteiger partial charge in [0.05, 0.1) is 21.8 Å². The van der Waals surface area contributed by atoms with Gasteiger partial charge in [-0.25, -0.2) is 5.01 Å². The van der Waals surface area contributed by atoms with Crippen LogP contribution in [0, 0.1) is 11.8 Å². The van der Waals surface area contributed by atoms with Crippen LogP contribution in [0.25, 0.3) is 0 Å². The smallest absolute Gasteiger partial charge is 0.101 e. The van der Waals surface area contributed by atoms with Gasteiger partial charge in [-0.2, -0.15) is 15.3 Å². The van der Waals surface area contributed by atoms with Crippen LogP contribution < -0.4 is 5.01 Å². The van der Waals surface area contributed by atoms with Crippen LogP contribution >= 0.6 is 23.2 Å². The van der Waals surface area contributed by atoms with Crippen molar-refractivity contribution in [1.29, 1.82) is 0 Å². The van der Waals surface area contributed by atoms with Crippen LogP contribution in [-0.4, -0.2) is 24.2 Å². The number of anilines is 1.